The van der Waals surface area contributed by atoms with Gasteiger partial charge >= 0.3 is 11.9 Å². The number of carboxylic acid groups (broad SMARTS) is 1. The van der Waals surface area contributed by atoms with Crippen molar-refractivity contribution >= 4 is 11.9 Å². The zero-order valence-electron chi connectivity index (χ0n) is 17.6. The number of ether oxygens (including phenoxy) is 2. The van der Waals surface area contributed by atoms with Crippen molar-refractivity contribution < 1.29 is 34.4 Å². The molecule has 0 unspecified atom stereocenters. The molecule has 0 spiro atoms. The van der Waals surface area contributed by atoms with E-state index in [2.05, 4.69) is 13.2 Å². The van der Waals surface area contributed by atoms with Crippen LogP contribution in [0, 0.1) is 5.92 Å². The van der Waals surface area contributed by atoms with E-state index < -0.39 is 41.3 Å². The Kier molecular flexibility index (Phi) is 7.30. The minimum absolute atomic E-state index is 0.0127. The number of esters is 1. The van der Waals surface area contributed by atoms with Crippen molar-refractivity contribution in [3.63, 3.8) is 0 Å². The molecule has 0 saturated carbocycles. The third-order valence-electron chi connectivity index (χ3n) is 6.48. The molecule has 0 aromatic heterocycles. The zero-order chi connectivity index (χ0) is 22.0. The number of aliphatic hydroxyl groups excluding tert-OH is 1. The van der Waals surface area contributed by atoms with E-state index in [1.807, 2.05) is 6.92 Å². The van der Waals surface area contributed by atoms with Crippen LogP contribution in [0.2, 0.25) is 0 Å². The van der Waals surface area contributed by atoms with E-state index in [0.717, 1.165) is 5.57 Å². The highest BCUT2D eigenvalue weighted by molar-refractivity contribution is 5.86. The number of carbonyl (C=O) groups excluding carboxylic acids is 1. The molecule has 29 heavy (non-hydrogen) atoms. The third kappa shape index (κ3) is 5.68. The van der Waals surface area contributed by atoms with Crippen LogP contribution < -0.4 is 0 Å². The lowest BCUT2D eigenvalue weighted by Crippen LogP contribution is -2.43. The first-order valence-electron chi connectivity index (χ1n) is 10.2. The molecular formula is C22H34O7. The summed E-state index contributed by atoms with van der Waals surface area (Å²) in [5.41, 5.74) is -1.33. The van der Waals surface area contributed by atoms with E-state index in [9.17, 15) is 24.9 Å². The zero-order valence-corrected chi connectivity index (χ0v) is 17.6. The summed E-state index contributed by atoms with van der Waals surface area (Å²) in [6, 6.07) is 0. The summed E-state index contributed by atoms with van der Waals surface area (Å²) >= 11 is 0. The van der Waals surface area contributed by atoms with Crippen LogP contribution in [0.15, 0.2) is 24.3 Å². The van der Waals surface area contributed by atoms with Crippen molar-refractivity contribution in [2.24, 2.45) is 5.92 Å². The van der Waals surface area contributed by atoms with Gasteiger partial charge in [-0.15, -0.1) is 0 Å². The second kappa shape index (κ2) is 8.98. The largest absolute Gasteiger partial charge is 0.478 e. The van der Waals surface area contributed by atoms with Gasteiger partial charge in [0.15, 0.2) is 0 Å². The molecule has 0 amide bonds. The predicted octanol–water partition coefficient (Wildman–Crippen LogP) is 2.75. The van der Waals surface area contributed by atoms with Crippen molar-refractivity contribution in [3.8, 4) is 0 Å². The first-order valence-corrected chi connectivity index (χ1v) is 10.2. The average Bonchev–Trinajstić information content (AvgIpc) is 3.03. The molecule has 2 bridgehead atoms. The summed E-state index contributed by atoms with van der Waals surface area (Å²) in [6.45, 7) is 12.5. The van der Waals surface area contributed by atoms with Gasteiger partial charge in [0.25, 0.3) is 0 Å². The predicted molar refractivity (Wildman–Crippen MR) is 107 cm³/mol. The number of aliphatic hydroxyl groups is 2. The molecule has 0 aromatic rings. The third-order valence-corrected chi connectivity index (χ3v) is 6.48. The molecule has 2 aliphatic rings. The molecule has 7 heteroatoms. The second-order valence-electron chi connectivity index (χ2n) is 8.93. The molecule has 7 nitrogen and oxygen atoms in total. The Labute approximate surface area is 172 Å². The summed E-state index contributed by atoms with van der Waals surface area (Å²) in [7, 11) is 0. The minimum Gasteiger partial charge on any atom is -0.478 e. The highest BCUT2D eigenvalue weighted by Crippen LogP contribution is 2.41. The maximum Gasteiger partial charge on any atom is 0.331 e. The average molecular weight is 411 g/mol. The fourth-order valence-corrected chi connectivity index (χ4v) is 4.32. The summed E-state index contributed by atoms with van der Waals surface area (Å²) in [5, 5.41) is 31.3. The van der Waals surface area contributed by atoms with Crippen molar-refractivity contribution in [1.29, 1.82) is 0 Å². The van der Waals surface area contributed by atoms with E-state index >= 15 is 0 Å². The summed E-state index contributed by atoms with van der Waals surface area (Å²) in [5.74, 6) is -2.17. The molecule has 6 atom stereocenters. The fourth-order valence-electron chi connectivity index (χ4n) is 4.32. The van der Waals surface area contributed by atoms with E-state index in [4.69, 9.17) is 9.47 Å². The van der Waals surface area contributed by atoms with E-state index in [0.29, 0.717) is 25.7 Å². The maximum atomic E-state index is 11.6. The van der Waals surface area contributed by atoms with Crippen LogP contribution in [0.4, 0.5) is 0 Å². The highest BCUT2D eigenvalue weighted by atomic mass is 16.6. The summed E-state index contributed by atoms with van der Waals surface area (Å²) in [4.78, 5) is 23.1. The number of fused-ring (bicyclic) bond motifs is 2. The van der Waals surface area contributed by atoms with Crippen molar-refractivity contribution in [3.05, 3.63) is 24.3 Å². The van der Waals surface area contributed by atoms with Crippen molar-refractivity contribution in [1.82, 2.24) is 0 Å². The minimum atomic E-state index is -1.36. The van der Waals surface area contributed by atoms with Crippen molar-refractivity contribution in [2.45, 2.75) is 95.2 Å². The monoisotopic (exact) mass is 410 g/mol. The molecule has 2 aliphatic heterocycles. The van der Waals surface area contributed by atoms with Gasteiger partial charge in [0.1, 0.15) is 6.10 Å². The van der Waals surface area contributed by atoms with Crippen LogP contribution in [0.5, 0.6) is 0 Å². The summed E-state index contributed by atoms with van der Waals surface area (Å²) in [6.07, 6.45) is 1.00. The molecule has 164 valence electrons. The van der Waals surface area contributed by atoms with Crippen LogP contribution in [0.1, 0.15) is 65.7 Å². The topological polar surface area (TPSA) is 113 Å². The smallest absolute Gasteiger partial charge is 0.331 e. The lowest BCUT2D eigenvalue weighted by molar-refractivity contribution is -0.163. The van der Waals surface area contributed by atoms with Gasteiger partial charge in [-0.2, -0.15) is 0 Å². The number of hydrogen-bond donors (Lipinski definition) is 3. The standard InChI is InChI=1S/C22H34O7/c1-13-6-7-19(28-15(3)23)21(4,27)10-8-16(14(2)20(25)26)12-18(24)22(5)11-9-17(13)29-22/h16-19,24,27H,1-2,6-12H2,3-5H3,(H,25,26)/t16-,17+,18-,19+,21-,22-/m0/s1. The van der Waals surface area contributed by atoms with Gasteiger partial charge < -0.3 is 24.8 Å². The second-order valence-corrected chi connectivity index (χ2v) is 8.93. The Morgan fingerprint density at radius 2 is 1.86 bits per heavy atom. The Morgan fingerprint density at radius 3 is 2.45 bits per heavy atom. The Bertz CT molecular complexity index is 668. The number of rotatable bonds is 3. The van der Waals surface area contributed by atoms with Crippen LogP contribution >= 0.6 is 0 Å². The van der Waals surface area contributed by atoms with E-state index in [1.54, 1.807) is 6.92 Å². The molecule has 2 fully saturated rings. The van der Waals surface area contributed by atoms with Crippen molar-refractivity contribution in [2.75, 3.05) is 0 Å². The lowest BCUT2D eigenvalue weighted by Gasteiger charge is -2.35. The SMILES string of the molecule is C=C(C(=O)O)[C@H]1CC[C@](C)(O)[C@H](OC(C)=O)CCC(=C)[C@H]2CC[C@](C)(O2)[C@@H](O)C1. The van der Waals surface area contributed by atoms with Gasteiger partial charge in [-0.25, -0.2) is 4.79 Å². The van der Waals surface area contributed by atoms with Crippen LogP contribution in [0.3, 0.4) is 0 Å². The number of carbonyl (C=O) groups is 2. The Hall–Kier alpha value is -1.70. The Morgan fingerprint density at radius 1 is 1.21 bits per heavy atom. The number of hydrogen-bond acceptors (Lipinski definition) is 6. The van der Waals surface area contributed by atoms with E-state index in [1.165, 1.54) is 6.92 Å². The molecular weight excluding hydrogens is 376 g/mol. The number of aliphatic carboxylic acids is 1. The Balaban J connectivity index is 2.35. The van der Waals surface area contributed by atoms with Crippen LogP contribution in [-0.2, 0) is 19.1 Å². The quantitative estimate of drug-likeness (QED) is 0.372. The first kappa shape index (κ1) is 23.6. The molecule has 0 radical (unpaired) electrons. The molecule has 3 N–H and O–H groups in total. The first-order chi connectivity index (χ1) is 13.4. The maximum absolute atomic E-state index is 11.6. The summed E-state index contributed by atoms with van der Waals surface area (Å²) < 4.78 is 11.5. The van der Waals surface area contributed by atoms with E-state index in [-0.39, 0.29) is 30.9 Å². The molecule has 2 rings (SSSR count). The normalized spacial score (nSPS) is 39.0. The molecule has 0 aromatic carbocycles. The fraction of sp³-hybridized carbons (Fsp3) is 0.727. The number of carboxylic acids is 1. The van der Waals surface area contributed by atoms with Gasteiger partial charge in [-0.05, 0) is 70.3 Å². The van der Waals surface area contributed by atoms with Crippen LogP contribution in [-0.4, -0.2) is 56.8 Å². The molecule has 2 heterocycles. The van der Waals surface area contributed by atoms with Gasteiger partial charge in [-0.1, -0.05) is 13.2 Å². The van der Waals surface area contributed by atoms with Gasteiger partial charge in [-0.3, -0.25) is 4.79 Å². The van der Waals surface area contributed by atoms with Gasteiger partial charge in [0, 0.05) is 12.5 Å². The van der Waals surface area contributed by atoms with Crippen LogP contribution in [0.25, 0.3) is 0 Å². The lowest BCUT2D eigenvalue weighted by atomic mass is 9.79. The van der Waals surface area contributed by atoms with Gasteiger partial charge in [0.05, 0.1) is 23.4 Å². The van der Waals surface area contributed by atoms with Gasteiger partial charge in [0.2, 0.25) is 0 Å². The highest BCUT2D eigenvalue weighted by Gasteiger charge is 2.45. The molecule has 0 aliphatic carbocycles. The molecule has 2 saturated heterocycles.